The molecule has 96 valence electrons. The average Bonchev–Trinajstić information content (AvgIpc) is 2.71. The molecule has 0 saturated heterocycles. The predicted octanol–water partition coefficient (Wildman–Crippen LogP) is 2.78. The van der Waals surface area contributed by atoms with Crippen molar-refractivity contribution in [3.05, 3.63) is 45.7 Å². The van der Waals surface area contributed by atoms with Gasteiger partial charge in [-0.1, -0.05) is 18.2 Å². The van der Waals surface area contributed by atoms with E-state index in [4.69, 9.17) is 10.1 Å². The first kappa shape index (κ1) is 13.1. The molecule has 0 atom stereocenters. The van der Waals surface area contributed by atoms with Crippen molar-refractivity contribution in [1.29, 1.82) is 0 Å². The molecular weight excluding hydrogens is 244 g/mol. The number of aliphatic hydroxyl groups is 1. The van der Waals surface area contributed by atoms with Crippen molar-refractivity contribution in [1.82, 2.24) is 4.57 Å². The molecule has 0 radical (unpaired) electrons. The molecule has 0 fully saturated rings. The van der Waals surface area contributed by atoms with Crippen LogP contribution < -0.4 is 4.80 Å². The minimum absolute atomic E-state index is 0.214. The third-order valence-corrected chi connectivity index (χ3v) is 3.84. The van der Waals surface area contributed by atoms with Crippen LogP contribution in [-0.4, -0.2) is 16.3 Å². The summed E-state index contributed by atoms with van der Waals surface area (Å²) in [6, 6.07) is 8.12. The molecular formula is C14H18N2OS. The van der Waals surface area contributed by atoms with Gasteiger partial charge in [0.2, 0.25) is 0 Å². The third-order valence-electron chi connectivity index (χ3n) is 2.86. The Morgan fingerprint density at radius 1 is 1.28 bits per heavy atom. The van der Waals surface area contributed by atoms with E-state index >= 15 is 0 Å². The molecule has 18 heavy (non-hydrogen) atoms. The van der Waals surface area contributed by atoms with Crippen molar-refractivity contribution in [3.8, 4) is 0 Å². The fraction of sp³-hybridized carbons (Fsp3) is 0.357. The number of aliphatic hydroxyl groups excluding tert-OH is 1. The van der Waals surface area contributed by atoms with Crippen LogP contribution in [0.2, 0.25) is 0 Å². The maximum absolute atomic E-state index is 8.94. The van der Waals surface area contributed by atoms with E-state index in [2.05, 4.69) is 29.9 Å². The lowest BCUT2D eigenvalue weighted by Gasteiger charge is -2.04. The molecule has 0 aliphatic carbocycles. The summed E-state index contributed by atoms with van der Waals surface area (Å²) in [7, 11) is 0. The first-order chi connectivity index (χ1) is 8.72. The standard InChI is InChI=1S/C14H18N2OS/c1-11-6-3-4-7-13(11)15-14-16(8-5-9-17)12(2)10-18-14/h3-4,6-7,10,17H,5,8-9H2,1-2H3. The number of aryl methyl sites for hydroxylation is 2. The van der Waals surface area contributed by atoms with Gasteiger partial charge in [0.1, 0.15) is 0 Å². The minimum Gasteiger partial charge on any atom is -0.396 e. The van der Waals surface area contributed by atoms with Gasteiger partial charge in [-0.3, -0.25) is 0 Å². The number of hydrogen-bond donors (Lipinski definition) is 1. The van der Waals surface area contributed by atoms with Crippen molar-refractivity contribution in [2.75, 3.05) is 6.61 Å². The highest BCUT2D eigenvalue weighted by Gasteiger charge is 2.01. The smallest absolute Gasteiger partial charge is 0.190 e. The number of para-hydroxylation sites is 1. The highest BCUT2D eigenvalue weighted by atomic mass is 32.1. The Morgan fingerprint density at radius 3 is 2.78 bits per heavy atom. The van der Waals surface area contributed by atoms with Gasteiger partial charge in [-0.15, -0.1) is 11.3 Å². The van der Waals surface area contributed by atoms with Crippen molar-refractivity contribution in [3.63, 3.8) is 0 Å². The summed E-state index contributed by atoms with van der Waals surface area (Å²) >= 11 is 1.64. The molecule has 3 nitrogen and oxygen atoms in total. The highest BCUT2D eigenvalue weighted by Crippen LogP contribution is 2.16. The van der Waals surface area contributed by atoms with Crippen molar-refractivity contribution in [2.24, 2.45) is 4.99 Å². The molecule has 2 rings (SSSR count). The molecule has 1 N–H and O–H groups in total. The monoisotopic (exact) mass is 262 g/mol. The lowest BCUT2D eigenvalue weighted by Crippen LogP contribution is -2.16. The van der Waals surface area contributed by atoms with Gasteiger partial charge in [0.25, 0.3) is 0 Å². The normalized spacial score (nSPS) is 12.1. The molecule has 0 unspecified atom stereocenters. The van der Waals surface area contributed by atoms with Crippen LogP contribution in [0.3, 0.4) is 0 Å². The molecule has 1 heterocycles. The molecule has 0 aliphatic heterocycles. The fourth-order valence-electron chi connectivity index (χ4n) is 1.80. The summed E-state index contributed by atoms with van der Waals surface area (Å²) < 4.78 is 2.16. The van der Waals surface area contributed by atoms with Gasteiger partial charge in [-0.05, 0) is 31.9 Å². The minimum atomic E-state index is 0.214. The Balaban J connectivity index is 2.42. The SMILES string of the molecule is Cc1ccccc1N=c1scc(C)n1CCCO. The Labute approximate surface area is 111 Å². The van der Waals surface area contributed by atoms with E-state index in [1.165, 1.54) is 11.3 Å². The van der Waals surface area contributed by atoms with Crippen LogP contribution in [0, 0.1) is 13.8 Å². The van der Waals surface area contributed by atoms with Crippen LogP contribution in [0.4, 0.5) is 5.69 Å². The summed E-state index contributed by atoms with van der Waals surface area (Å²) in [5.74, 6) is 0. The number of aromatic nitrogens is 1. The molecule has 0 aliphatic rings. The lowest BCUT2D eigenvalue weighted by atomic mass is 10.2. The van der Waals surface area contributed by atoms with Crippen LogP contribution in [-0.2, 0) is 6.54 Å². The second kappa shape index (κ2) is 5.98. The van der Waals surface area contributed by atoms with Gasteiger partial charge in [0.05, 0.1) is 5.69 Å². The van der Waals surface area contributed by atoms with Gasteiger partial charge in [-0.2, -0.15) is 0 Å². The van der Waals surface area contributed by atoms with E-state index in [1.54, 1.807) is 11.3 Å². The Morgan fingerprint density at radius 2 is 2.06 bits per heavy atom. The first-order valence-corrected chi connectivity index (χ1v) is 6.96. The maximum Gasteiger partial charge on any atom is 0.190 e. The van der Waals surface area contributed by atoms with E-state index in [9.17, 15) is 0 Å². The van der Waals surface area contributed by atoms with Gasteiger partial charge in [0.15, 0.2) is 4.80 Å². The number of thiazole rings is 1. The number of hydrogen-bond acceptors (Lipinski definition) is 3. The number of nitrogens with zero attached hydrogens (tertiary/aromatic N) is 2. The Bertz CT molecular complexity index is 583. The van der Waals surface area contributed by atoms with Gasteiger partial charge >= 0.3 is 0 Å². The lowest BCUT2D eigenvalue weighted by molar-refractivity contribution is 0.279. The Hall–Kier alpha value is -1.39. The topological polar surface area (TPSA) is 37.5 Å². The largest absolute Gasteiger partial charge is 0.396 e. The van der Waals surface area contributed by atoms with Crippen LogP contribution in [0.1, 0.15) is 17.7 Å². The second-order valence-electron chi connectivity index (χ2n) is 4.29. The molecule has 0 saturated carbocycles. The second-order valence-corrected chi connectivity index (χ2v) is 5.12. The first-order valence-electron chi connectivity index (χ1n) is 6.08. The van der Waals surface area contributed by atoms with E-state index in [0.717, 1.165) is 23.5 Å². The third kappa shape index (κ3) is 2.89. The van der Waals surface area contributed by atoms with E-state index in [-0.39, 0.29) is 6.61 Å². The summed E-state index contributed by atoms with van der Waals surface area (Å²) in [6.07, 6.45) is 0.762. The molecule has 1 aromatic carbocycles. The maximum atomic E-state index is 8.94. The zero-order chi connectivity index (χ0) is 13.0. The van der Waals surface area contributed by atoms with Crippen molar-refractivity contribution >= 4 is 17.0 Å². The van der Waals surface area contributed by atoms with Crippen LogP contribution in [0.5, 0.6) is 0 Å². The molecule has 4 heteroatoms. The summed E-state index contributed by atoms with van der Waals surface area (Å²) in [5.41, 5.74) is 3.38. The quantitative estimate of drug-likeness (QED) is 0.904. The summed E-state index contributed by atoms with van der Waals surface area (Å²) in [4.78, 5) is 5.71. The Kier molecular flexibility index (Phi) is 4.33. The average molecular weight is 262 g/mol. The molecule has 0 bridgehead atoms. The summed E-state index contributed by atoms with van der Waals surface area (Å²) in [6.45, 7) is 5.17. The van der Waals surface area contributed by atoms with Crippen LogP contribution in [0.25, 0.3) is 0 Å². The van der Waals surface area contributed by atoms with E-state index in [1.807, 2.05) is 18.2 Å². The highest BCUT2D eigenvalue weighted by molar-refractivity contribution is 7.07. The molecule has 0 amide bonds. The van der Waals surface area contributed by atoms with Gasteiger partial charge < -0.3 is 9.67 Å². The zero-order valence-corrected chi connectivity index (χ0v) is 11.6. The molecule has 1 aromatic heterocycles. The number of benzene rings is 1. The van der Waals surface area contributed by atoms with Crippen LogP contribution in [0.15, 0.2) is 34.6 Å². The van der Waals surface area contributed by atoms with Gasteiger partial charge in [-0.25, -0.2) is 4.99 Å². The van der Waals surface area contributed by atoms with Crippen LogP contribution >= 0.6 is 11.3 Å². The van der Waals surface area contributed by atoms with E-state index in [0.29, 0.717) is 0 Å². The van der Waals surface area contributed by atoms with Gasteiger partial charge in [0, 0.05) is 24.2 Å². The summed E-state index contributed by atoms with van der Waals surface area (Å²) in [5, 5.41) is 11.0. The predicted molar refractivity (Wildman–Crippen MR) is 75.2 cm³/mol. The molecule has 0 spiro atoms. The van der Waals surface area contributed by atoms with Crippen molar-refractivity contribution < 1.29 is 5.11 Å². The van der Waals surface area contributed by atoms with E-state index < -0.39 is 0 Å². The fourth-order valence-corrected chi connectivity index (χ4v) is 2.71. The zero-order valence-electron chi connectivity index (χ0n) is 10.8. The molecule has 2 aromatic rings. The number of rotatable bonds is 4. The van der Waals surface area contributed by atoms with Crippen molar-refractivity contribution in [2.45, 2.75) is 26.8 Å².